The van der Waals surface area contributed by atoms with Crippen molar-refractivity contribution in [2.75, 3.05) is 6.61 Å². The van der Waals surface area contributed by atoms with Crippen molar-refractivity contribution in [3.63, 3.8) is 0 Å². The Morgan fingerprint density at radius 2 is 2.25 bits per heavy atom. The molecule has 1 aliphatic heterocycles. The Labute approximate surface area is 118 Å². The molecule has 2 unspecified atom stereocenters. The predicted molar refractivity (Wildman–Crippen MR) is 73.8 cm³/mol. The average molecular weight is 278 g/mol. The number of hydrogen-bond donors (Lipinski definition) is 2. The Morgan fingerprint density at radius 3 is 3.00 bits per heavy atom. The van der Waals surface area contributed by atoms with Gasteiger partial charge in [-0.15, -0.1) is 0 Å². The molecular weight excluding hydrogens is 256 g/mol. The number of hydrogen-bond acceptors (Lipinski definition) is 3. The molecule has 0 bridgehead atoms. The summed E-state index contributed by atoms with van der Waals surface area (Å²) < 4.78 is 5.73. The summed E-state index contributed by atoms with van der Waals surface area (Å²) in [6.07, 6.45) is 8.29. The van der Waals surface area contributed by atoms with Crippen molar-refractivity contribution in [2.24, 2.45) is 0 Å². The molecule has 1 aromatic heterocycles. The normalized spacial score (nSPS) is 26.2. The quantitative estimate of drug-likeness (QED) is 0.887. The first-order chi connectivity index (χ1) is 9.74. The fourth-order valence-corrected chi connectivity index (χ4v) is 3.27. The van der Waals surface area contributed by atoms with Crippen LogP contribution in [-0.2, 0) is 22.4 Å². The van der Waals surface area contributed by atoms with Gasteiger partial charge in [0.15, 0.2) is 0 Å². The van der Waals surface area contributed by atoms with E-state index in [-0.39, 0.29) is 0 Å². The van der Waals surface area contributed by atoms with Gasteiger partial charge in [-0.05, 0) is 44.9 Å². The average Bonchev–Trinajstić information content (AvgIpc) is 2.88. The third-order valence-corrected chi connectivity index (χ3v) is 4.38. The van der Waals surface area contributed by atoms with E-state index in [1.807, 2.05) is 0 Å². The van der Waals surface area contributed by atoms with Gasteiger partial charge in [-0.25, -0.2) is 4.98 Å². The number of aryl methyl sites for hydroxylation is 2. The highest BCUT2D eigenvalue weighted by molar-refractivity contribution is 5.76. The third-order valence-electron chi connectivity index (χ3n) is 4.38. The number of aromatic amines is 1. The molecule has 5 heteroatoms. The summed E-state index contributed by atoms with van der Waals surface area (Å²) in [4.78, 5) is 19.1. The highest BCUT2D eigenvalue weighted by Crippen LogP contribution is 2.30. The second-order valence-electron chi connectivity index (χ2n) is 5.86. The van der Waals surface area contributed by atoms with Crippen LogP contribution in [0.3, 0.4) is 0 Å². The van der Waals surface area contributed by atoms with Crippen molar-refractivity contribution in [3.05, 3.63) is 17.2 Å². The van der Waals surface area contributed by atoms with Crippen molar-refractivity contribution < 1.29 is 14.6 Å². The molecule has 0 aromatic carbocycles. The number of nitrogens with zero attached hydrogens (tertiary/aromatic N) is 1. The molecule has 1 aliphatic carbocycles. The first-order valence-corrected chi connectivity index (χ1v) is 7.66. The van der Waals surface area contributed by atoms with Crippen LogP contribution in [0.4, 0.5) is 0 Å². The first kappa shape index (κ1) is 13.6. The molecule has 2 aliphatic rings. The highest BCUT2D eigenvalue weighted by Gasteiger charge is 2.29. The van der Waals surface area contributed by atoms with Gasteiger partial charge in [-0.2, -0.15) is 0 Å². The molecule has 3 rings (SSSR count). The number of ether oxygens (including phenoxy) is 1. The lowest BCUT2D eigenvalue weighted by Gasteiger charge is -2.21. The highest BCUT2D eigenvalue weighted by atomic mass is 16.5. The standard InChI is InChI=1S/C15H22N2O3/c18-15(19)11-5-3-6-12-14(11)17-13(16-12)8-7-10-4-1-2-9-20-10/h10-11H,1-9H2,(H,16,17)(H,18,19). The molecule has 0 saturated carbocycles. The second-order valence-corrected chi connectivity index (χ2v) is 5.86. The molecular formula is C15H22N2O3. The van der Waals surface area contributed by atoms with E-state index in [1.165, 1.54) is 12.8 Å². The molecule has 2 N–H and O–H groups in total. The van der Waals surface area contributed by atoms with Crippen LogP contribution < -0.4 is 0 Å². The van der Waals surface area contributed by atoms with Crippen molar-refractivity contribution in [2.45, 2.75) is 63.4 Å². The number of carboxylic acid groups (broad SMARTS) is 1. The number of aromatic nitrogens is 2. The van der Waals surface area contributed by atoms with Crippen LogP contribution in [0.5, 0.6) is 0 Å². The Hall–Kier alpha value is -1.36. The first-order valence-electron chi connectivity index (χ1n) is 7.66. The van der Waals surface area contributed by atoms with Crippen molar-refractivity contribution >= 4 is 5.97 Å². The minimum absolute atomic E-state index is 0.348. The summed E-state index contributed by atoms with van der Waals surface area (Å²) in [7, 11) is 0. The maximum Gasteiger partial charge on any atom is 0.312 e. The number of carbonyl (C=O) groups is 1. The molecule has 0 spiro atoms. The Balaban J connectivity index is 1.64. The van der Waals surface area contributed by atoms with Crippen LogP contribution in [0.2, 0.25) is 0 Å². The maximum absolute atomic E-state index is 11.3. The number of rotatable bonds is 4. The molecule has 0 radical (unpaired) electrons. The maximum atomic E-state index is 11.3. The Kier molecular flexibility index (Phi) is 4.05. The zero-order valence-electron chi connectivity index (χ0n) is 11.7. The lowest BCUT2D eigenvalue weighted by atomic mass is 9.90. The van der Waals surface area contributed by atoms with E-state index in [0.717, 1.165) is 55.9 Å². The summed E-state index contributed by atoms with van der Waals surface area (Å²) >= 11 is 0. The van der Waals surface area contributed by atoms with Crippen LogP contribution in [0.1, 0.15) is 61.7 Å². The van der Waals surface area contributed by atoms with Gasteiger partial charge in [0.25, 0.3) is 0 Å². The fourth-order valence-electron chi connectivity index (χ4n) is 3.27. The molecule has 1 aromatic rings. The number of H-pyrrole nitrogens is 1. The summed E-state index contributed by atoms with van der Waals surface area (Å²) in [6, 6.07) is 0. The summed E-state index contributed by atoms with van der Waals surface area (Å²) in [6.45, 7) is 0.875. The number of nitrogens with one attached hydrogen (secondary N) is 1. The summed E-state index contributed by atoms with van der Waals surface area (Å²) in [5, 5.41) is 9.25. The summed E-state index contributed by atoms with van der Waals surface area (Å²) in [5.41, 5.74) is 1.80. The summed E-state index contributed by atoms with van der Waals surface area (Å²) in [5.74, 6) is -0.244. The Bertz CT molecular complexity index is 477. The molecule has 0 amide bonds. The van der Waals surface area contributed by atoms with Gasteiger partial charge in [0.05, 0.1) is 11.8 Å². The molecule has 110 valence electrons. The van der Waals surface area contributed by atoms with Crippen LogP contribution >= 0.6 is 0 Å². The van der Waals surface area contributed by atoms with Gasteiger partial charge in [0.1, 0.15) is 11.7 Å². The fraction of sp³-hybridized carbons (Fsp3) is 0.733. The van der Waals surface area contributed by atoms with Crippen molar-refractivity contribution in [1.29, 1.82) is 0 Å². The molecule has 20 heavy (non-hydrogen) atoms. The molecule has 2 atom stereocenters. The minimum Gasteiger partial charge on any atom is -0.481 e. The number of imidazole rings is 1. The third kappa shape index (κ3) is 2.87. The van der Waals surface area contributed by atoms with E-state index in [0.29, 0.717) is 12.5 Å². The molecule has 2 heterocycles. The zero-order valence-corrected chi connectivity index (χ0v) is 11.7. The zero-order chi connectivity index (χ0) is 13.9. The van der Waals surface area contributed by atoms with Gasteiger partial charge < -0.3 is 14.8 Å². The van der Waals surface area contributed by atoms with Gasteiger partial charge in [0, 0.05) is 18.7 Å². The van der Waals surface area contributed by atoms with E-state index in [2.05, 4.69) is 9.97 Å². The lowest BCUT2D eigenvalue weighted by molar-refractivity contribution is -0.139. The Morgan fingerprint density at radius 1 is 1.35 bits per heavy atom. The van der Waals surface area contributed by atoms with Crippen LogP contribution in [0, 0.1) is 0 Å². The van der Waals surface area contributed by atoms with Gasteiger partial charge in [-0.1, -0.05) is 0 Å². The van der Waals surface area contributed by atoms with Crippen LogP contribution in [-0.4, -0.2) is 33.8 Å². The van der Waals surface area contributed by atoms with E-state index in [1.54, 1.807) is 0 Å². The minimum atomic E-state index is -0.750. The largest absolute Gasteiger partial charge is 0.481 e. The van der Waals surface area contributed by atoms with Gasteiger partial charge >= 0.3 is 5.97 Å². The molecule has 1 saturated heterocycles. The van der Waals surface area contributed by atoms with Crippen LogP contribution in [0.15, 0.2) is 0 Å². The van der Waals surface area contributed by atoms with Crippen molar-refractivity contribution in [1.82, 2.24) is 9.97 Å². The number of fused-ring (bicyclic) bond motifs is 1. The van der Waals surface area contributed by atoms with Gasteiger partial charge in [-0.3, -0.25) is 4.79 Å². The van der Waals surface area contributed by atoms with E-state index >= 15 is 0 Å². The topological polar surface area (TPSA) is 75.2 Å². The number of carboxylic acids is 1. The van der Waals surface area contributed by atoms with E-state index in [9.17, 15) is 9.90 Å². The smallest absolute Gasteiger partial charge is 0.312 e. The van der Waals surface area contributed by atoms with Gasteiger partial charge in [0.2, 0.25) is 0 Å². The second kappa shape index (κ2) is 5.95. The van der Waals surface area contributed by atoms with Crippen molar-refractivity contribution in [3.8, 4) is 0 Å². The van der Waals surface area contributed by atoms with E-state index in [4.69, 9.17) is 4.74 Å². The van der Waals surface area contributed by atoms with E-state index < -0.39 is 11.9 Å². The lowest BCUT2D eigenvalue weighted by Crippen LogP contribution is -2.19. The monoisotopic (exact) mass is 278 g/mol. The number of aliphatic carboxylic acids is 1. The molecule has 1 fully saturated rings. The van der Waals surface area contributed by atoms with Crippen LogP contribution in [0.25, 0.3) is 0 Å². The molecule has 5 nitrogen and oxygen atoms in total. The predicted octanol–water partition coefficient (Wildman–Crippen LogP) is 2.42. The SMILES string of the molecule is O=C(O)C1CCCc2[nH]c(CCC3CCCCO3)nc21.